The van der Waals surface area contributed by atoms with E-state index in [-0.39, 0.29) is 11.4 Å². The summed E-state index contributed by atoms with van der Waals surface area (Å²) in [6.45, 7) is 1.88. The summed E-state index contributed by atoms with van der Waals surface area (Å²) < 4.78 is 26.8. The highest BCUT2D eigenvalue weighted by Crippen LogP contribution is 2.32. The molecule has 19 heavy (non-hydrogen) atoms. The summed E-state index contributed by atoms with van der Waals surface area (Å²) in [7, 11) is -3.66. The fourth-order valence-electron chi connectivity index (χ4n) is 2.36. The molecule has 0 amide bonds. The average molecular weight is 348 g/mol. The summed E-state index contributed by atoms with van der Waals surface area (Å²) in [5.41, 5.74) is 0. The van der Waals surface area contributed by atoms with Gasteiger partial charge in [0.2, 0.25) is 10.0 Å². The molecule has 0 spiro atoms. The summed E-state index contributed by atoms with van der Waals surface area (Å²) in [6, 6.07) is 6.02. The number of carbonyl (C=O) groups is 1. The number of aliphatic carboxylic acids is 1. The van der Waals surface area contributed by atoms with Crippen LogP contribution < -0.4 is 0 Å². The number of nitrogens with zero attached hydrogens (tertiary/aromatic N) is 1. The third-order valence-corrected chi connectivity index (χ3v) is 6.44. The molecule has 0 saturated carbocycles. The van der Waals surface area contributed by atoms with Gasteiger partial charge in [-0.2, -0.15) is 4.31 Å². The van der Waals surface area contributed by atoms with Crippen LogP contribution in [0.1, 0.15) is 13.3 Å². The predicted molar refractivity (Wildman–Crippen MR) is 73.2 cm³/mol. The maximum Gasteiger partial charge on any atom is 0.308 e. The first kappa shape index (κ1) is 14.5. The minimum Gasteiger partial charge on any atom is -0.481 e. The molecule has 0 bridgehead atoms. The van der Waals surface area contributed by atoms with Crippen molar-refractivity contribution in [2.75, 3.05) is 6.54 Å². The lowest BCUT2D eigenvalue weighted by Gasteiger charge is -2.23. The van der Waals surface area contributed by atoms with Crippen molar-refractivity contribution in [3.63, 3.8) is 0 Å². The van der Waals surface area contributed by atoms with Crippen molar-refractivity contribution >= 4 is 31.9 Å². The summed E-state index contributed by atoms with van der Waals surface area (Å²) in [5, 5.41) is 9.06. The summed E-state index contributed by atoms with van der Waals surface area (Å²) >= 11 is 3.22. The molecular formula is C12H14BrNO4S. The minimum absolute atomic E-state index is 0.174. The smallest absolute Gasteiger partial charge is 0.308 e. The van der Waals surface area contributed by atoms with Crippen molar-refractivity contribution in [3.8, 4) is 0 Å². The lowest BCUT2D eigenvalue weighted by atomic mass is 10.0. The highest BCUT2D eigenvalue weighted by atomic mass is 79.9. The second-order valence-electron chi connectivity index (χ2n) is 4.52. The first-order valence-electron chi connectivity index (χ1n) is 5.85. The van der Waals surface area contributed by atoms with E-state index in [9.17, 15) is 13.2 Å². The Labute approximate surface area is 120 Å². The third kappa shape index (κ3) is 2.54. The van der Waals surface area contributed by atoms with Crippen LogP contribution in [0.25, 0.3) is 0 Å². The first-order chi connectivity index (χ1) is 8.85. The number of sulfonamides is 1. The molecule has 1 aliphatic heterocycles. The molecule has 1 fully saturated rings. The van der Waals surface area contributed by atoms with Gasteiger partial charge in [-0.25, -0.2) is 8.42 Å². The van der Waals surface area contributed by atoms with E-state index >= 15 is 0 Å². The normalized spacial score (nSPS) is 24.5. The van der Waals surface area contributed by atoms with Crippen LogP contribution in [0.4, 0.5) is 0 Å². The molecule has 0 aromatic heterocycles. The highest BCUT2D eigenvalue weighted by molar-refractivity contribution is 9.10. The van der Waals surface area contributed by atoms with E-state index in [1.54, 1.807) is 25.1 Å². The van der Waals surface area contributed by atoms with Crippen LogP contribution in [0, 0.1) is 5.92 Å². The second kappa shape index (κ2) is 5.22. The Balaban J connectivity index is 2.37. The number of hydrogen-bond acceptors (Lipinski definition) is 3. The van der Waals surface area contributed by atoms with Gasteiger partial charge in [0.25, 0.3) is 0 Å². The van der Waals surface area contributed by atoms with Gasteiger partial charge >= 0.3 is 5.97 Å². The molecule has 1 aliphatic rings. The van der Waals surface area contributed by atoms with Crippen LogP contribution in [0.2, 0.25) is 0 Å². The summed E-state index contributed by atoms with van der Waals surface area (Å²) in [4.78, 5) is 11.2. The number of rotatable bonds is 3. The number of hydrogen-bond donors (Lipinski definition) is 1. The van der Waals surface area contributed by atoms with Gasteiger partial charge < -0.3 is 5.11 Å². The molecular weight excluding hydrogens is 334 g/mol. The van der Waals surface area contributed by atoms with Gasteiger partial charge in [0, 0.05) is 17.1 Å². The fraction of sp³-hybridized carbons (Fsp3) is 0.417. The Hall–Kier alpha value is -0.920. The largest absolute Gasteiger partial charge is 0.481 e. The van der Waals surface area contributed by atoms with Gasteiger partial charge in [-0.05, 0) is 41.4 Å². The van der Waals surface area contributed by atoms with Crippen molar-refractivity contribution in [2.24, 2.45) is 5.92 Å². The lowest BCUT2D eigenvalue weighted by molar-refractivity contribution is -0.142. The zero-order chi connectivity index (χ0) is 14.2. The van der Waals surface area contributed by atoms with Gasteiger partial charge in [0.15, 0.2) is 0 Å². The van der Waals surface area contributed by atoms with Crippen LogP contribution >= 0.6 is 15.9 Å². The summed E-state index contributed by atoms with van der Waals surface area (Å²) in [6.07, 6.45) is 0.347. The van der Waals surface area contributed by atoms with E-state index in [4.69, 9.17) is 5.11 Å². The lowest BCUT2D eigenvalue weighted by Crippen LogP contribution is -2.37. The van der Waals surface area contributed by atoms with Crippen molar-refractivity contribution < 1.29 is 18.3 Å². The Morgan fingerprint density at radius 2 is 2.05 bits per heavy atom. The Kier molecular flexibility index (Phi) is 3.98. The molecule has 2 unspecified atom stereocenters. The van der Waals surface area contributed by atoms with Gasteiger partial charge in [0.05, 0.1) is 10.8 Å². The zero-order valence-corrected chi connectivity index (χ0v) is 12.7. The van der Waals surface area contributed by atoms with Crippen molar-refractivity contribution in [2.45, 2.75) is 24.3 Å². The Morgan fingerprint density at radius 1 is 1.42 bits per heavy atom. The minimum atomic E-state index is -3.66. The van der Waals surface area contributed by atoms with Crippen molar-refractivity contribution in [1.29, 1.82) is 0 Å². The zero-order valence-electron chi connectivity index (χ0n) is 10.3. The van der Waals surface area contributed by atoms with Gasteiger partial charge in [-0.1, -0.05) is 12.1 Å². The molecule has 1 saturated heterocycles. The van der Waals surface area contributed by atoms with Crippen LogP contribution in [0.3, 0.4) is 0 Å². The quantitative estimate of drug-likeness (QED) is 0.906. The topological polar surface area (TPSA) is 74.7 Å². The van der Waals surface area contributed by atoms with Crippen molar-refractivity contribution in [3.05, 3.63) is 28.7 Å². The SMILES string of the molecule is CC1C(C(=O)O)CCN1S(=O)(=O)c1ccccc1Br. The van der Waals surface area contributed by atoms with Gasteiger partial charge in [0.1, 0.15) is 0 Å². The van der Waals surface area contributed by atoms with Gasteiger partial charge in [-0.3, -0.25) is 4.79 Å². The number of halogens is 1. The van der Waals surface area contributed by atoms with E-state index in [0.717, 1.165) is 0 Å². The molecule has 5 nitrogen and oxygen atoms in total. The average Bonchev–Trinajstić information content (AvgIpc) is 2.72. The van der Waals surface area contributed by atoms with E-state index in [2.05, 4.69) is 15.9 Å². The van der Waals surface area contributed by atoms with Crippen LogP contribution in [-0.2, 0) is 14.8 Å². The highest BCUT2D eigenvalue weighted by Gasteiger charge is 2.42. The molecule has 1 aromatic carbocycles. The molecule has 1 heterocycles. The third-order valence-electron chi connectivity index (χ3n) is 3.44. The fourth-order valence-corrected chi connectivity index (χ4v) is 5.01. The molecule has 2 atom stereocenters. The monoisotopic (exact) mass is 347 g/mol. The molecule has 1 aromatic rings. The summed E-state index contributed by atoms with van der Waals surface area (Å²) in [5.74, 6) is -1.59. The molecule has 0 radical (unpaired) electrons. The van der Waals surface area contributed by atoms with Gasteiger partial charge in [-0.15, -0.1) is 0 Å². The molecule has 0 aliphatic carbocycles. The van der Waals surface area contributed by atoms with Crippen molar-refractivity contribution in [1.82, 2.24) is 4.31 Å². The molecule has 2 rings (SSSR count). The van der Waals surface area contributed by atoms with Crippen LogP contribution in [0.15, 0.2) is 33.6 Å². The van der Waals surface area contributed by atoms with Crippen LogP contribution in [0.5, 0.6) is 0 Å². The molecule has 7 heteroatoms. The maximum atomic E-state index is 12.5. The van der Waals surface area contributed by atoms with E-state index in [1.165, 1.54) is 10.4 Å². The molecule has 1 N–H and O–H groups in total. The van der Waals surface area contributed by atoms with Crippen LogP contribution in [-0.4, -0.2) is 36.4 Å². The van der Waals surface area contributed by atoms with E-state index < -0.39 is 28.0 Å². The standard InChI is InChI=1S/C12H14BrNO4S/c1-8-9(12(15)16)6-7-14(8)19(17,18)11-5-3-2-4-10(11)13/h2-5,8-9H,6-7H2,1H3,(H,15,16). The Morgan fingerprint density at radius 3 is 2.58 bits per heavy atom. The van der Waals surface area contributed by atoms with E-state index in [1.807, 2.05) is 0 Å². The molecule has 104 valence electrons. The van der Waals surface area contributed by atoms with E-state index in [0.29, 0.717) is 10.9 Å². The number of carboxylic acids is 1. The predicted octanol–water partition coefficient (Wildman–Crippen LogP) is 1.93. The first-order valence-corrected chi connectivity index (χ1v) is 8.08. The second-order valence-corrected chi connectivity index (χ2v) is 7.23. The maximum absolute atomic E-state index is 12.5. The number of benzene rings is 1. The Bertz CT molecular complexity index is 602. The number of carboxylic acid groups (broad SMARTS) is 1.